The zero-order valence-electron chi connectivity index (χ0n) is 15.8. The highest BCUT2D eigenvalue weighted by Gasteiger charge is 2.33. The van der Waals surface area contributed by atoms with Crippen molar-refractivity contribution in [2.45, 2.75) is 44.9 Å². The molecule has 2 aromatic heterocycles. The highest BCUT2D eigenvalue weighted by atomic mass is 32.1. The van der Waals surface area contributed by atoms with Crippen molar-refractivity contribution in [3.8, 4) is 0 Å². The van der Waals surface area contributed by atoms with Crippen LogP contribution in [0.15, 0.2) is 12.1 Å². The zero-order valence-corrected chi connectivity index (χ0v) is 16.6. The van der Waals surface area contributed by atoms with Gasteiger partial charge in [0.2, 0.25) is 0 Å². The smallest absolute Gasteiger partial charge is 0.315 e. The van der Waals surface area contributed by atoms with E-state index in [0.29, 0.717) is 18.2 Å². The fourth-order valence-corrected chi connectivity index (χ4v) is 4.69. The molecule has 1 amide bonds. The number of aryl methyl sites for hydroxylation is 1. The lowest BCUT2D eigenvalue weighted by Gasteiger charge is -2.27. The molecule has 0 spiro atoms. The molecule has 1 aliphatic heterocycles. The maximum atomic E-state index is 12.5. The first-order chi connectivity index (χ1) is 13.7. The summed E-state index contributed by atoms with van der Waals surface area (Å²) >= 11 is 1.40. The number of hydrogen-bond acceptors (Lipinski definition) is 8. The van der Waals surface area contributed by atoms with E-state index in [4.69, 9.17) is 4.74 Å². The Bertz CT molecular complexity index is 861. The van der Waals surface area contributed by atoms with Crippen molar-refractivity contribution in [2.75, 3.05) is 29.9 Å². The molecule has 0 bridgehead atoms. The molecule has 1 N–H and O–H groups in total. The molecule has 1 saturated heterocycles. The number of ether oxygens (including phenoxy) is 1. The molecule has 1 unspecified atom stereocenters. The van der Waals surface area contributed by atoms with Crippen LogP contribution < -0.4 is 10.2 Å². The number of carbonyl (C=O) groups is 2. The summed E-state index contributed by atoms with van der Waals surface area (Å²) in [5.41, 5.74) is 0.975. The molecule has 148 valence electrons. The number of esters is 1. The number of fused-ring (bicyclic) bond motifs is 1. The number of carbonyl (C=O) groups excluding carboxylic acids is 2. The fourth-order valence-electron chi connectivity index (χ4n) is 3.65. The average Bonchev–Trinajstić information content (AvgIpc) is 3.29. The van der Waals surface area contributed by atoms with Crippen LogP contribution in [0.1, 0.15) is 59.6 Å². The molecule has 0 saturated carbocycles. The normalized spacial score (nSPS) is 18.6. The maximum absolute atomic E-state index is 12.5. The molecule has 3 heterocycles. The third kappa shape index (κ3) is 3.84. The number of hydrogen-bond donors (Lipinski definition) is 1. The van der Waals surface area contributed by atoms with Crippen molar-refractivity contribution in [3.63, 3.8) is 0 Å². The van der Waals surface area contributed by atoms with Crippen LogP contribution in [0.25, 0.3) is 0 Å². The van der Waals surface area contributed by atoms with Gasteiger partial charge in [0, 0.05) is 18.0 Å². The second-order valence-electron chi connectivity index (χ2n) is 6.95. The fraction of sp³-hybridized carbons (Fsp3) is 0.526. The number of thiazole rings is 1. The van der Waals surface area contributed by atoms with Crippen LogP contribution in [0.5, 0.6) is 0 Å². The highest BCUT2D eigenvalue weighted by Crippen LogP contribution is 2.39. The third-order valence-corrected chi connectivity index (χ3v) is 6.12. The van der Waals surface area contributed by atoms with E-state index in [1.165, 1.54) is 17.8 Å². The standard InChI is InChI=1S/C19H23N5O3S/c1-2-27-18(26)12-6-8-14-16(12)20-19(28-14)21-17(25)13-7-9-15(23-22-13)24-10-4-3-5-11-24/h7,9,12H,2-6,8,10-11H2,1H3,(H,20,21,25). The first kappa shape index (κ1) is 18.8. The molecular weight excluding hydrogens is 378 g/mol. The molecule has 0 radical (unpaired) electrons. The second-order valence-corrected chi connectivity index (χ2v) is 8.03. The summed E-state index contributed by atoms with van der Waals surface area (Å²) in [5, 5.41) is 11.5. The minimum atomic E-state index is -0.349. The van der Waals surface area contributed by atoms with Crippen LogP contribution in [-0.4, -0.2) is 46.8 Å². The van der Waals surface area contributed by atoms with E-state index in [0.717, 1.165) is 48.7 Å². The van der Waals surface area contributed by atoms with Crippen LogP contribution in [0.4, 0.5) is 10.9 Å². The SMILES string of the molecule is CCOC(=O)C1CCc2sc(NC(=O)c3ccc(N4CCCCC4)nn3)nc21. The molecule has 0 aromatic carbocycles. The Kier molecular flexibility index (Phi) is 5.52. The number of nitrogens with one attached hydrogen (secondary N) is 1. The van der Waals surface area contributed by atoms with Crippen molar-refractivity contribution < 1.29 is 14.3 Å². The molecule has 28 heavy (non-hydrogen) atoms. The van der Waals surface area contributed by atoms with Gasteiger partial charge in [0.25, 0.3) is 5.91 Å². The average molecular weight is 401 g/mol. The van der Waals surface area contributed by atoms with Crippen molar-refractivity contribution in [1.29, 1.82) is 0 Å². The Morgan fingerprint density at radius 2 is 2.07 bits per heavy atom. The third-order valence-electron chi connectivity index (χ3n) is 5.07. The Balaban J connectivity index is 1.42. The lowest BCUT2D eigenvalue weighted by molar-refractivity contribution is -0.145. The predicted octanol–water partition coefficient (Wildman–Crippen LogP) is 2.77. The summed E-state index contributed by atoms with van der Waals surface area (Å²) < 4.78 is 5.12. The topological polar surface area (TPSA) is 97.3 Å². The van der Waals surface area contributed by atoms with E-state index in [2.05, 4.69) is 25.4 Å². The van der Waals surface area contributed by atoms with E-state index >= 15 is 0 Å². The van der Waals surface area contributed by atoms with Crippen LogP contribution in [0, 0.1) is 0 Å². The first-order valence-electron chi connectivity index (χ1n) is 9.72. The number of anilines is 2. The van der Waals surface area contributed by atoms with Gasteiger partial charge in [-0.15, -0.1) is 21.5 Å². The lowest BCUT2D eigenvalue weighted by Crippen LogP contribution is -2.30. The second kappa shape index (κ2) is 8.22. The summed E-state index contributed by atoms with van der Waals surface area (Å²) in [4.78, 5) is 32.2. The first-order valence-corrected chi connectivity index (χ1v) is 10.5. The Hall–Kier alpha value is -2.55. The van der Waals surface area contributed by atoms with Crippen molar-refractivity contribution in [2.24, 2.45) is 0 Å². The van der Waals surface area contributed by atoms with Gasteiger partial charge in [-0.3, -0.25) is 14.9 Å². The van der Waals surface area contributed by atoms with Gasteiger partial charge < -0.3 is 9.64 Å². The van der Waals surface area contributed by atoms with Gasteiger partial charge in [-0.05, 0) is 51.2 Å². The summed E-state index contributed by atoms with van der Waals surface area (Å²) in [6.07, 6.45) is 5.05. The van der Waals surface area contributed by atoms with E-state index in [-0.39, 0.29) is 23.5 Å². The largest absolute Gasteiger partial charge is 0.465 e. The molecule has 2 aromatic rings. The predicted molar refractivity (Wildman–Crippen MR) is 106 cm³/mol. The summed E-state index contributed by atoms with van der Waals surface area (Å²) in [7, 11) is 0. The molecule has 8 nitrogen and oxygen atoms in total. The Morgan fingerprint density at radius 3 is 2.79 bits per heavy atom. The Labute approximate surface area is 167 Å². The molecule has 1 atom stereocenters. The minimum absolute atomic E-state index is 0.247. The quantitative estimate of drug-likeness (QED) is 0.769. The molecule has 2 aliphatic rings. The Morgan fingerprint density at radius 1 is 1.25 bits per heavy atom. The number of amides is 1. The van der Waals surface area contributed by atoms with Crippen molar-refractivity contribution in [1.82, 2.24) is 15.2 Å². The van der Waals surface area contributed by atoms with Crippen molar-refractivity contribution >= 4 is 34.2 Å². The number of nitrogens with zero attached hydrogens (tertiary/aromatic N) is 4. The van der Waals surface area contributed by atoms with E-state index in [9.17, 15) is 9.59 Å². The monoisotopic (exact) mass is 401 g/mol. The van der Waals surface area contributed by atoms with Gasteiger partial charge in [-0.2, -0.15) is 0 Å². The van der Waals surface area contributed by atoms with E-state index < -0.39 is 0 Å². The van der Waals surface area contributed by atoms with Gasteiger partial charge >= 0.3 is 5.97 Å². The van der Waals surface area contributed by atoms with Gasteiger partial charge in [-0.25, -0.2) is 4.98 Å². The summed E-state index contributed by atoms with van der Waals surface area (Å²) in [5.74, 6) is -0.122. The van der Waals surface area contributed by atoms with Gasteiger partial charge in [-0.1, -0.05) is 0 Å². The van der Waals surface area contributed by atoms with E-state index in [1.807, 2.05) is 6.07 Å². The van der Waals surface area contributed by atoms with Crippen LogP contribution in [0.3, 0.4) is 0 Å². The maximum Gasteiger partial charge on any atom is 0.315 e. The molecular formula is C19H23N5O3S. The summed E-state index contributed by atoms with van der Waals surface area (Å²) in [6.45, 7) is 4.10. The summed E-state index contributed by atoms with van der Waals surface area (Å²) in [6, 6.07) is 3.53. The van der Waals surface area contributed by atoms with Crippen LogP contribution in [-0.2, 0) is 16.0 Å². The van der Waals surface area contributed by atoms with Crippen molar-refractivity contribution in [3.05, 3.63) is 28.4 Å². The number of rotatable bonds is 5. The lowest BCUT2D eigenvalue weighted by atomic mass is 10.1. The zero-order chi connectivity index (χ0) is 19.5. The number of aromatic nitrogens is 3. The molecule has 1 aliphatic carbocycles. The molecule has 9 heteroatoms. The minimum Gasteiger partial charge on any atom is -0.465 e. The van der Waals surface area contributed by atoms with Gasteiger partial charge in [0.15, 0.2) is 16.6 Å². The van der Waals surface area contributed by atoms with Gasteiger partial charge in [0.1, 0.15) is 5.92 Å². The van der Waals surface area contributed by atoms with Crippen LogP contribution >= 0.6 is 11.3 Å². The molecule has 4 rings (SSSR count). The van der Waals surface area contributed by atoms with Crippen LogP contribution in [0.2, 0.25) is 0 Å². The van der Waals surface area contributed by atoms with Gasteiger partial charge in [0.05, 0.1) is 12.3 Å². The highest BCUT2D eigenvalue weighted by molar-refractivity contribution is 7.16. The molecule has 1 fully saturated rings. The van der Waals surface area contributed by atoms with E-state index in [1.54, 1.807) is 13.0 Å². The number of piperidine rings is 1.